The van der Waals surface area contributed by atoms with Gasteiger partial charge in [0.1, 0.15) is 5.75 Å². The molecule has 0 aliphatic rings. The summed E-state index contributed by atoms with van der Waals surface area (Å²) in [5.74, 6) is 0.360. The summed E-state index contributed by atoms with van der Waals surface area (Å²) < 4.78 is 5.21. The Bertz CT molecular complexity index is 639. The molecule has 0 spiro atoms. The molecule has 0 aliphatic heterocycles. The summed E-state index contributed by atoms with van der Waals surface area (Å²) >= 11 is 5.95. The van der Waals surface area contributed by atoms with Crippen LogP contribution in [0.1, 0.15) is 10.4 Å². The van der Waals surface area contributed by atoms with Gasteiger partial charge in [-0.3, -0.25) is 4.79 Å². The molecule has 1 N–H and O–H groups in total. The lowest BCUT2D eigenvalue weighted by atomic mass is 10.2. The van der Waals surface area contributed by atoms with Gasteiger partial charge in [-0.1, -0.05) is 11.6 Å². The second-order valence-corrected chi connectivity index (χ2v) is 5.18. The molecule has 0 aliphatic carbocycles. The van der Waals surface area contributed by atoms with Crippen molar-refractivity contribution < 1.29 is 9.53 Å². The Morgan fingerprint density at radius 2 is 1.81 bits per heavy atom. The van der Waals surface area contributed by atoms with Crippen LogP contribution in [-0.2, 0) is 0 Å². The highest BCUT2D eigenvalue weighted by atomic mass is 35.5. The standard InChI is InChI=1S/C16H17ClN2O2/c1-19(2)13-7-4-11(5-8-13)16(20)18-14-10-12(17)6-9-15(14)21-3/h4-10H,1-3H3,(H,18,20). The number of amides is 1. The molecule has 0 fully saturated rings. The first-order chi connectivity index (χ1) is 10.0. The Hall–Kier alpha value is -2.20. The third-order valence-corrected chi connectivity index (χ3v) is 3.29. The van der Waals surface area contributed by atoms with E-state index in [1.54, 1.807) is 37.4 Å². The zero-order valence-electron chi connectivity index (χ0n) is 12.2. The van der Waals surface area contributed by atoms with Gasteiger partial charge in [0.15, 0.2) is 0 Å². The predicted octanol–water partition coefficient (Wildman–Crippen LogP) is 3.67. The summed E-state index contributed by atoms with van der Waals surface area (Å²) in [7, 11) is 5.45. The average molecular weight is 305 g/mol. The van der Waals surface area contributed by atoms with Crippen molar-refractivity contribution in [3.8, 4) is 5.75 Å². The Morgan fingerprint density at radius 1 is 1.14 bits per heavy atom. The number of carbonyl (C=O) groups excluding carboxylic acids is 1. The fourth-order valence-corrected chi connectivity index (χ4v) is 2.06. The quantitative estimate of drug-likeness (QED) is 0.937. The summed E-state index contributed by atoms with van der Waals surface area (Å²) in [5, 5.41) is 3.34. The molecule has 0 saturated heterocycles. The van der Waals surface area contributed by atoms with Crippen molar-refractivity contribution in [2.45, 2.75) is 0 Å². The highest BCUT2D eigenvalue weighted by Crippen LogP contribution is 2.28. The molecule has 4 nitrogen and oxygen atoms in total. The third kappa shape index (κ3) is 3.67. The molecule has 1 amide bonds. The third-order valence-electron chi connectivity index (χ3n) is 3.06. The van der Waals surface area contributed by atoms with E-state index in [2.05, 4.69) is 5.32 Å². The van der Waals surface area contributed by atoms with Gasteiger partial charge < -0.3 is 15.0 Å². The highest BCUT2D eigenvalue weighted by molar-refractivity contribution is 6.31. The monoisotopic (exact) mass is 304 g/mol. The Balaban J connectivity index is 2.19. The lowest BCUT2D eigenvalue weighted by Gasteiger charge is -2.13. The lowest BCUT2D eigenvalue weighted by Crippen LogP contribution is -2.13. The molecular formula is C16H17ClN2O2. The van der Waals surface area contributed by atoms with Crippen molar-refractivity contribution in [1.82, 2.24) is 0 Å². The van der Waals surface area contributed by atoms with Gasteiger partial charge in [0.05, 0.1) is 12.8 Å². The summed E-state index contributed by atoms with van der Waals surface area (Å²) in [6, 6.07) is 12.4. The van der Waals surface area contributed by atoms with E-state index in [0.717, 1.165) is 5.69 Å². The minimum Gasteiger partial charge on any atom is -0.495 e. The summed E-state index contributed by atoms with van der Waals surface area (Å²) in [4.78, 5) is 14.2. The van der Waals surface area contributed by atoms with Crippen LogP contribution in [0.5, 0.6) is 5.75 Å². The van der Waals surface area contributed by atoms with Crippen LogP contribution in [0.4, 0.5) is 11.4 Å². The van der Waals surface area contributed by atoms with Crippen molar-refractivity contribution in [3.05, 3.63) is 53.1 Å². The van der Waals surface area contributed by atoms with E-state index in [0.29, 0.717) is 22.0 Å². The number of rotatable bonds is 4. The van der Waals surface area contributed by atoms with Crippen LogP contribution in [0, 0.1) is 0 Å². The summed E-state index contributed by atoms with van der Waals surface area (Å²) in [5.41, 5.74) is 2.15. The van der Waals surface area contributed by atoms with Crippen LogP contribution in [0.25, 0.3) is 0 Å². The van der Waals surface area contributed by atoms with E-state index < -0.39 is 0 Å². The predicted molar refractivity (Wildman–Crippen MR) is 86.7 cm³/mol. The number of hydrogen-bond acceptors (Lipinski definition) is 3. The molecule has 0 heterocycles. The summed E-state index contributed by atoms with van der Waals surface area (Å²) in [6.07, 6.45) is 0. The van der Waals surface area contributed by atoms with Crippen LogP contribution in [0.3, 0.4) is 0 Å². The zero-order valence-corrected chi connectivity index (χ0v) is 12.9. The number of benzene rings is 2. The van der Waals surface area contributed by atoms with Gasteiger partial charge in [-0.2, -0.15) is 0 Å². The van der Waals surface area contributed by atoms with Crippen molar-refractivity contribution in [1.29, 1.82) is 0 Å². The number of carbonyl (C=O) groups is 1. The van der Waals surface area contributed by atoms with Gasteiger partial charge in [0, 0.05) is 30.4 Å². The normalized spacial score (nSPS) is 10.1. The van der Waals surface area contributed by atoms with Crippen LogP contribution in [0.15, 0.2) is 42.5 Å². The second-order valence-electron chi connectivity index (χ2n) is 4.74. The smallest absolute Gasteiger partial charge is 0.255 e. The summed E-state index contributed by atoms with van der Waals surface area (Å²) in [6.45, 7) is 0. The fraction of sp³-hybridized carbons (Fsp3) is 0.188. The topological polar surface area (TPSA) is 41.6 Å². The first-order valence-electron chi connectivity index (χ1n) is 6.43. The van der Waals surface area contributed by atoms with Crippen molar-refractivity contribution in [2.24, 2.45) is 0 Å². The number of hydrogen-bond donors (Lipinski definition) is 1. The molecule has 2 rings (SSSR count). The van der Waals surface area contributed by atoms with E-state index in [1.807, 2.05) is 31.1 Å². The van der Waals surface area contributed by atoms with Crippen LogP contribution >= 0.6 is 11.6 Å². The van der Waals surface area contributed by atoms with E-state index >= 15 is 0 Å². The molecule has 2 aromatic rings. The van der Waals surface area contributed by atoms with Crippen molar-refractivity contribution in [2.75, 3.05) is 31.4 Å². The number of nitrogens with one attached hydrogen (secondary N) is 1. The first kappa shape index (κ1) is 15.2. The minimum absolute atomic E-state index is 0.208. The maximum atomic E-state index is 12.3. The van der Waals surface area contributed by atoms with Gasteiger partial charge in [0.25, 0.3) is 5.91 Å². The number of nitrogens with zero attached hydrogens (tertiary/aromatic N) is 1. The van der Waals surface area contributed by atoms with E-state index in [9.17, 15) is 4.79 Å². The molecule has 0 bridgehead atoms. The fourth-order valence-electron chi connectivity index (χ4n) is 1.88. The molecule has 0 atom stereocenters. The number of halogens is 1. The van der Waals surface area contributed by atoms with E-state index in [4.69, 9.17) is 16.3 Å². The maximum Gasteiger partial charge on any atom is 0.255 e. The molecule has 0 aromatic heterocycles. The highest BCUT2D eigenvalue weighted by Gasteiger charge is 2.10. The molecule has 21 heavy (non-hydrogen) atoms. The number of methoxy groups -OCH3 is 1. The van der Waals surface area contributed by atoms with Gasteiger partial charge in [-0.05, 0) is 42.5 Å². The van der Waals surface area contributed by atoms with E-state index in [1.165, 1.54) is 0 Å². The minimum atomic E-state index is -0.208. The molecule has 0 radical (unpaired) electrons. The Morgan fingerprint density at radius 3 is 2.38 bits per heavy atom. The van der Waals surface area contributed by atoms with Crippen LogP contribution in [-0.4, -0.2) is 27.1 Å². The maximum absolute atomic E-state index is 12.3. The molecule has 0 unspecified atom stereocenters. The zero-order chi connectivity index (χ0) is 15.4. The van der Waals surface area contributed by atoms with Gasteiger partial charge in [0.2, 0.25) is 0 Å². The van der Waals surface area contributed by atoms with Gasteiger partial charge >= 0.3 is 0 Å². The molecule has 0 saturated carbocycles. The molecule has 2 aromatic carbocycles. The second kappa shape index (κ2) is 6.50. The largest absolute Gasteiger partial charge is 0.495 e. The molecule has 5 heteroatoms. The van der Waals surface area contributed by atoms with Gasteiger partial charge in [-0.15, -0.1) is 0 Å². The van der Waals surface area contributed by atoms with Crippen LogP contribution in [0.2, 0.25) is 5.02 Å². The Kier molecular flexibility index (Phi) is 4.70. The first-order valence-corrected chi connectivity index (χ1v) is 6.81. The molecule has 110 valence electrons. The molecular weight excluding hydrogens is 288 g/mol. The van der Waals surface area contributed by atoms with Gasteiger partial charge in [-0.25, -0.2) is 0 Å². The van der Waals surface area contributed by atoms with E-state index in [-0.39, 0.29) is 5.91 Å². The Labute approximate surface area is 129 Å². The number of anilines is 2. The van der Waals surface area contributed by atoms with Crippen LogP contribution < -0.4 is 15.0 Å². The SMILES string of the molecule is COc1ccc(Cl)cc1NC(=O)c1ccc(N(C)C)cc1. The average Bonchev–Trinajstić information content (AvgIpc) is 2.47. The number of ether oxygens (including phenoxy) is 1. The lowest BCUT2D eigenvalue weighted by molar-refractivity contribution is 0.102. The van der Waals surface area contributed by atoms with Crippen molar-refractivity contribution in [3.63, 3.8) is 0 Å². The van der Waals surface area contributed by atoms with Crippen molar-refractivity contribution >= 4 is 28.9 Å².